The summed E-state index contributed by atoms with van der Waals surface area (Å²) in [6.45, 7) is 5.47. The normalized spacial score (nSPS) is 21.8. The molecule has 1 heterocycles. The van der Waals surface area contributed by atoms with E-state index in [0.717, 1.165) is 38.7 Å². The second kappa shape index (κ2) is 9.38. The van der Waals surface area contributed by atoms with Crippen LogP contribution in [0.2, 0.25) is 0 Å². The summed E-state index contributed by atoms with van der Waals surface area (Å²) in [5.74, 6) is 0.967. The second-order valence-corrected chi connectivity index (χ2v) is 6.47. The van der Waals surface area contributed by atoms with E-state index in [1.54, 1.807) is 7.11 Å². The summed E-state index contributed by atoms with van der Waals surface area (Å²) in [6, 6.07) is 0.444. The van der Waals surface area contributed by atoms with Crippen LogP contribution in [0.5, 0.6) is 0 Å². The molecule has 0 unspecified atom stereocenters. The molecule has 1 saturated heterocycles. The van der Waals surface area contributed by atoms with Gasteiger partial charge in [0.05, 0.1) is 13.2 Å². The summed E-state index contributed by atoms with van der Waals surface area (Å²) < 4.78 is 5.03. The van der Waals surface area contributed by atoms with Gasteiger partial charge in [0, 0.05) is 19.7 Å². The fourth-order valence-corrected chi connectivity index (χ4v) is 3.38. The molecule has 0 aromatic carbocycles. The molecule has 2 fully saturated rings. The molecule has 2 aliphatic rings. The molecule has 0 radical (unpaired) electrons. The fraction of sp³-hybridized carbons (Fsp3) is 0.938. The third kappa shape index (κ3) is 6.32. The van der Waals surface area contributed by atoms with Crippen molar-refractivity contribution in [2.24, 2.45) is 5.92 Å². The lowest BCUT2D eigenvalue weighted by Crippen LogP contribution is -2.45. The predicted molar refractivity (Wildman–Crippen MR) is 84.3 cm³/mol. The molecule has 0 atom stereocenters. The number of likely N-dealkylation sites (tertiary alicyclic amines) is 1. The van der Waals surface area contributed by atoms with Gasteiger partial charge in [-0.05, 0) is 51.2 Å². The van der Waals surface area contributed by atoms with Crippen LogP contribution >= 0.6 is 0 Å². The van der Waals surface area contributed by atoms with Crippen LogP contribution in [0.25, 0.3) is 0 Å². The first kappa shape index (κ1) is 16.7. The maximum atomic E-state index is 12.0. The Labute approximate surface area is 128 Å². The van der Waals surface area contributed by atoms with Crippen LogP contribution in [-0.2, 0) is 9.53 Å². The van der Waals surface area contributed by atoms with Crippen LogP contribution in [0.1, 0.15) is 38.5 Å². The van der Waals surface area contributed by atoms with E-state index in [0.29, 0.717) is 12.6 Å². The Morgan fingerprint density at radius 3 is 2.57 bits per heavy atom. The first-order valence-corrected chi connectivity index (χ1v) is 8.49. The molecule has 0 bridgehead atoms. The molecule has 1 saturated carbocycles. The van der Waals surface area contributed by atoms with Gasteiger partial charge in [0.2, 0.25) is 5.91 Å². The minimum Gasteiger partial charge on any atom is -0.383 e. The van der Waals surface area contributed by atoms with Crippen molar-refractivity contribution in [3.05, 3.63) is 0 Å². The summed E-state index contributed by atoms with van der Waals surface area (Å²) in [5.41, 5.74) is 0. The van der Waals surface area contributed by atoms with Gasteiger partial charge in [-0.25, -0.2) is 0 Å². The van der Waals surface area contributed by atoms with Gasteiger partial charge in [-0.1, -0.05) is 12.8 Å². The highest BCUT2D eigenvalue weighted by molar-refractivity contribution is 5.78. The summed E-state index contributed by atoms with van der Waals surface area (Å²) >= 11 is 0. The van der Waals surface area contributed by atoms with Crippen molar-refractivity contribution in [3.8, 4) is 0 Å². The number of nitrogens with one attached hydrogen (secondary N) is 2. The van der Waals surface area contributed by atoms with Crippen LogP contribution in [0.4, 0.5) is 0 Å². The number of amides is 1. The Morgan fingerprint density at radius 1 is 1.19 bits per heavy atom. The summed E-state index contributed by atoms with van der Waals surface area (Å²) in [4.78, 5) is 14.3. The third-order valence-electron chi connectivity index (χ3n) is 4.71. The average molecular weight is 297 g/mol. The Bertz CT molecular complexity index is 298. The van der Waals surface area contributed by atoms with Gasteiger partial charge in [-0.3, -0.25) is 9.69 Å². The molecule has 21 heavy (non-hydrogen) atoms. The molecule has 0 aromatic heterocycles. The third-order valence-corrected chi connectivity index (χ3v) is 4.71. The van der Waals surface area contributed by atoms with E-state index in [9.17, 15) is 4.79 Å². The quantitative estimate of drug-likeness (QED) is 0.656. The van der Waals surface area contributed by atoms with E-state index in [4.69, 9.17) is 4.74 Å². The minimum absolute atomic E-state index is 0.221. The standard InChI is InChI=1S/C16H31N3O2/c1-21-11-8-17-12-14-6-9-19(10-7-14)13-16(20)18-15-4-2-3-5-15/h14-15,17H,2-13H2,1H3,(H,18,20). The van der Waals surface area contributed by atoms with Gasteiger partial charge in [0.15, 0.2) is 0 Å². The van der Waals surface area contributed by atoms with E-state index in [1.165, 1.54) is 38.5 Å². The van der Waals surface area contributed by atoms with Crippen LogP contribution in [-0.4, -0.2) is 63.3 Å². The van der Waals surface area contributed by atoms with Gasteiger partial charge in [0.1, 0.15) is 0 Å². The number of rotatable bonds is 8. The van der Waals surface area contributed by atoms with E-state index >= 15 is 0 Å². The predicted octanol–water partition coefficient (Wildman–Crippen LogP) is 0.993. The molecule has 2 rings (SSSR count). The lowest BCUT2D eigenvalue weighted by Gasteiger charge is -2.31. The SMILES string of the molecule is COCCNCC1CCN(CC(=O)NC2CCCC2)CC1. The minimum atomic E-state index is 0.221. The average Bonchev–Trinajstić information content (AvgIpc) is 2.98. The largest absolute Gasteiger partial charge is 0.383 e. The van der Waals surface area contributed by atoms with Gasteiger partial charge in [0.25, 0.3) is 0 Å². The Morgan fingerprint density at radius 2 is 1.90 bits per heavy atom. The molecule has 1 amide bonds. The molecule has 1 aliphatic carbocycles. The lowest BCUT2D eigenvalue weighted by atomic mass is 9.97. The van der Waals surface area contributed by atoms with E-state index < -0.39 is 0 Å². The molecular weight excluding hydrogens is 266 g/mol. The van der Waals surface area contributed by atoms with Crippen molar-refractivity contribution >= 4 is 5.91 Å². The number of piperidine rings is 1. The number of ether oxygens (including phenoxy) is 1. The Kier molecular flexibility index (Phi) is 7.47. The van der Waals surface area contributed by atoms with Crippen LogP contribution in [0.15, 0.2) is 0 Å². The van der Waals surface area contributed by atoms with Crippen LogP contribution < -0.4 is 10.6 Å². The maximum absolute atomic E-state index is 12.0. The Hall–Kier alpha value is -0.650. The summed E-state index contributed by atoms with van der Waals surface area (Å²) in [7, 11) is 1.73. The summed E-state index contributed by atoms with van der Waals surface area (Å²) in [5, 5.41) is 6.62. The number of hydrogen-bond donors (Lipinski definition) is 2. The molecule has 1 aliphatic heterocycles. The first-order chi connectivity index (χ1) is 10.3. The van der Waals surface area contributed by atoms with Crippen LogP contribution in [0, 0.1) is 5.92 Å². The highest BCUT2D eigenvalue weighted by Gasteiger charge is 2.22. The van der Waals surface area contributed by atoms with Crippen molar-refractivity contribution < 1.29 is 9.53 Å². The van der Waals surface area contributed by atoms with Crippen molar-refractivity contribution in [1.82, 2.24) is 15.5 Å². The molecule has 2 N–H and O–H groups in total. The monoisotopic (exact) mass is 297 g/mol. The molecule has 0 aromatic rings. The second-order valence-electron chi connectivity index (χ2n) is 6.47. The van der Waals surface area contributed by atoms with Gasteiger partial charge >= 0.3 is 0 Å². The van der Waals surface area contributed by atoms with Crippen molar-refractivity contribution in [2.45, 2.75) is 44.6 Å². The number of carbonyl (C=O) groups is 1. The summed E-state index contributed by atoms with van der Waals surface area (Å²) in [6.07, 6.45) is 7.26. The van der Waals surface area contributed by atoms with Gasteiger partial charge < -0.3 is 15.4 Å². The molecule has 0 spiro atoms. The van der Waals surface area contributed by atoms with Crippen molar-refractivity contribution in [3.63, 3.8) is 0 Å². The van der Waals surface area contributed by atoms with Crippen LogP contribution in [0.3, 0.4) is 0 Å². The highest BCUT2D eigenvalue weighted by Crippen LogP contribution is 2.18. The zero-order valence-electron chi connectivity index (χ0n) is 13.4. The maximum Gasteiger partial charge on any atom is 0.234 e. The number of methoxy groups -OCH3 is 1. The van der Waals surface area contributed by atoms with E-state index in [-0.39, 0.29) is 5.91 Å². The fourth-order valence-electron chi connectivity index (χ4n) is 3.38. The zero-order valence-corrected chi connectivity index (χ0v) is 13.4. The smallest absolute Gasteiger partial charge is 0.234 e. The number of nitrogens with zero attached hydrogens (tertiary/aromatic N) is 1. The van der Waals surface area contributed by atoms with Gasteiger partial charge in [-0.2, -0.15) is 0 Å². The molecular formula is C16H31N3O2. The van der Waals surface area contributed by atoms with Crippen molar-refractivity contribution in [2.75, 3.05) is 46.4 Å². The molecule has 122 valence electrons. The number of hydrogen-bond acceptors (Lipinski definition) is 4. The Balaban J connectivity index is 1.54. The van der Waals surface area contributed by atoms with Gasteiger partial charge in [-0.15, -0.1) is 0 Å². The zero-order chi connectivity index (χ0) is 14.9. The van der Waals surface area contributed by atoms with E-state index in [2.05, 4.69) is 15.5 Å². The molecule has 5 nitrogen and oxygen atoms in total. The topological polar surface area (TPSA) is 53.6 Å². The number of carbonyl (C=O) groups excluding carboxylic acids is 1. The molecule has 5 heteroatoms. The highest BCUT2D eigenvalue weighted by atomic mass is 16.5. The first-order valence-electron chi connectivity index (χ1n) is 8.49. The lowest BCUT2D eigenvalue weighted by molar-refractivity contribution is -0.123. The van der Waals surface area contributed by atoms with E-state index in [1.807, 2.05) is 0 Å². The van der Waals surface area contributed by atoms with Crippen molar-refractivity contribution in [1.29, 1.82) is 0 Å².